The minimum absolute atomic E-state index is 0.483. The zero-order valence-electron chi connectivity index (χ0n) is 9.78. The van der Waals surface area contributed by atoms with Gasteiger partial charge in [0.15, 0.2) is 0 Å². The number of likely N-dealkylation sites (tertiary alicyclic amines) is 1. The van der Waals surface area contributed by atoms with Crippen molar-refractivity contribution >= 4 is 0 Å². The van der Waals surface area contributed by atoms with Crippen LogP contribution in [0.2, 0.25) is 0 Å². The summed E-state index contributed by atoms with van der Waals surface area (Å²) in [5, 5.41) is 0. The maximum atomic E-state index is 2.59. The topological polar surface area (TPSA) is 3.24 Å². The number of fused-ring (bicyclic) bond motifs is 2. The molecule has 0 aromatic carbocycles. The Kier molecular flexibility index (Phi) is 1.69. The highest BCUT2D eigenvalue weighted by Gasteiger charge is 2.54. The second-order valence-electron chi connectivity index (χ2n) is 6.86. The zero-order chi connectivity index (χ0) is 9.91. The molecule has 76 valence electrons. The molecule has 0 aromatic rings. The molecular weight excluding hydrogens is 158 g/mol. The maximum absolute atomic E-state index is 2.59. The Labute approximate surface area is 82.5 Å². The van der Waals surface area contributed by atoms with Gasteiger partial charge in [-0.15, -0.1) is 0 Å². The van der Waals surface area contributed by atoms with Gasteiger partial charge in [0, 0.05) is 12.1 Å². The lowest BCUT2D eigenvalue weighted by Crippen LogP contribution is -2.43. The molecule has 2 aliphatic rings. The van der Waals surface area contributed by atoms with Gasteiger partial charge in [0.1, 0.15) is 0 Å². The lowest BCUT2D eigenvalue weighted by Gasteiger charge is -2.45. The van der Waals surface area contributed by atoms with E-state index >= 15 is 0 Å². The molecule has 0 N–H and O–H groups in total. The molecule has 1 heteroatoms. The summed E-state index contributed by atoms with van der Waals surface area (Å²) in [6, 6.07) is 0. The van der Waals surface area contributed by atoms with Gasteiger partial charge in [-0.05, 0) is 44.1 Å². The van der Waals surface area contributed by atoms with E-state index in [2.05, 4.69) is 39.6 Å². The van der Waals surface area contributed by atoms with Crippen molar-refractivity contribution in [3.05, 3.63) is 0 Å². The predicted molar refractivity (Wildman–Crippen MR) is 56.8 cm³/mol. The first kappa shape index (κ1) is 9.51. The third-order valence-corrected chi connectivity index (χ3v) is 4.11. The van der Waals surface area contributed by atoms with Gasteiger partial charge in [-0.3, -0.25) is 0 Å². The molecule has 2 bridgehead atoms. The van der Waals surface area contributed by atoms with Crippen LogP contribution in [0.3, 0.4) is 0 Å². The lowest BCUT2D eigenvalue weighted by atomic mass is 9.61. The summed E-state index contributed by atoms with van der Waals surface area (Å²) in [7, 11) is 2.30. The van der Waals surface area contributed by atoms with E-state index in [1.165, 1.54) is 25.8 Å². The van der Waals surface area contributed by atoms with Crippen molar-refractivity contribution < 1.29 is 0 Å². The molecule has 13 heavy (non-hydrogen) atoms. The van der Waals surface area contributed by atoms with Crippen LogP contribution >= 0.6 is 0 Å². The quantitative estimate of drug-likeness (QED) is 0.555. The fourth-order valence-electron chi connectivity index (χ4n) is 4.44. The van der Waals surface area contributed by atoms with Crippen molar-refractivity contribution in [2.45, 2.75) is 52.5 Å². The fraction of sp³-hybridized carbons (Fsp3) is 1.00. The van der Waals surface area contributed by atoms with Crippen molar-refractivity contribution in [2.24, 2.45) is 10.8 Å². The van der Waals surface area contributed by atoms with Gasteiger partial charge >= 0.3 is 0 Å². The minimum Gasteiger partial charge on any atom is -0.300 e. The molecular formula is C12H23N. The summed E-state index contributed by atoms with van der Waals surface area (Å²) in [4.78, 5) is 2.59. The molecule has 1 aliphatic carbocycles. The van der Waals surface area contributed by atoms with Crippen molar-refractivity contribution in [1.29, 1.82) is 0 Å². The number of hydrogen-bond donors (Lipinski definition) is 0. The SMILES string of the molecule is CN1CC2(C)CC(C)(C)CC1(C)C2. The summed E-state index contributed by atoms with van der Waals surface area (Å²) >= 11 is 0. The van der Waals surface area contributed by atoms with Gasteiger partial charge in [-0.25, -0.2) is 0 Å². The van der Waals surface area contributed by atoms with E-state index in [-0.39, 0.29) is 0 Å². The van der Waals surface area contributed by atoms with E-state index in [9.17, 15) is 0 Å². The standard InChI is InChI=1S/C12H23N/c1-10(2)6-11(3)8-12(4,7-10)13(5)9-11/h6-9H2,1-5H3. The van der Waals surface area contributed by atoms with Crippen LogP contribution in [0, 0.1) is 10.8 Å². The van der Waals surface area contributed by atoms with E-state index in [4.69, 9.17) is 0 Å². The Morgan fingerprint density at radius 3 is 2.08 bits per heavy atom. The molecule has 0 spiro atoms. The van der Waals surface area contributed by atoms with Crippen LogP contribution in [0.4, 0.5) is 0 Å². The van der Waals surface area contributed by atoms with Crippen molar-refractivity contribution in [3.63, 3.8) is 0 Å². The Morgan fingerprint density at radius 2 is 1.54 bits per heavy atom. The third kappa shape index (κ3) is 1.41. The van der Waals surface area contributed by atoms with Crippen LogP contribution in [-0.2, 0) is 0 Å². The maximum Gasteiger partial charge on any atom is 0.0189 e. The Morgan fingerprint density at radius 1 is 0.923 bits per heavy atom. The smallest absolute Gasteiger partial charge is 0.0189 e. The largest absolute Gasteiger partial charge is 0.300 e. The molecule has 1 nitrogen and oxygen atoms in total. The van der Waals surface area contributed by atoms with Gasteiger partial charge in [-0.1, -0.05) is 20.8 Å². The molecule has 2 fully saturated rings. The molecule has 0 radical (unpaired) electrons. The van der Waals surface area contributed by atoms with Gasteiger partial charge in [0.2, 0.25) is 0 Å². The summed E-state index contributed by atoms with van der Waals surface area (Å²) in [5.74, 6) is 0. The number of rotatable bonds is 0. The van der Waals surface area contributed by atoms with E-state index in [1.807, 2.05) is 0 Å². The van der Waals surface area contributed by atoms with Crippen LogP contribution in [0.1, 0.15) is 47.0 Å². The monoisotopic (exact) mass is 181 g/mol. The average Bonchev–Trinajstić information content (AvgIpc) is 1.93. The van der Waals surface area contributed by atoms with E-state index in [0.29, 0.717) is 16.4 Å². The fourth-order valence-corrected chi connectivity index (χ4v) is 4.44. The molecule has 0 amide bonds. The Balaban J connectivity index is 2.32. The minimum atomic E-state index is 0.483. The van der Waals surface area contributed by atoms with Crippen LogP contribution in [0.25, 0.3) is 0 Å². The highest BCUT2D eigenvalue weighted by atomic mass is 15.2. The number of hydrogen-bond acceptors (Lipinski definition) is 1. The Bertz CT molecular complexity index is 229. The van der Waals surface area contributed by atoms with Crippen LogP contribution in [0.5, 0.6) is 0 Å². The normalized spacial score (nSPS) is 49.6. The molecule has 2 atom stereocenters. The first-order valence-corrected chi connectivity index (χ1v) is 5.46. The second kappa shape index (κ2) is 2.31. The zero-order valence-corrected chi connectivity index (χ0v) is 9.78. The highest BCUT2D eigenvalue weighted by Crippen LogP contribution is 2.56. The number of nitrogens with zero attached hydrogens (tertiary/aromatic N) is 1. The summed E-state index contributed by atoms with van der Waals surface area (Å²) in [6.45, 7) is 11.1. The Hall–Kier alpha value is -0.0400. The van der Waals surface area contributed by atoms with Crippen molar-refractivity contribution in [2.75, 3.05) is 13.6 Å². The molecule has 1 saturated carbocycles. The van der Waals surface area contributed by atoms with Gasteiger partial charge < -0.3 is 4.90 Å². The highest BCUT2D eigenvalue weighted by molar-refractivity contribution is 5.08. The molecule has 1 saturated heterocycles. The first-order valence-electron chi connectivity index (χ1n) is 5.46. The van der Waals surface area contributed by atoms with Crippen molar-refractivity contribution in [3.8, 4) is 0 Å². The molecule has 1 aliphatic heterocycles. The molecule has 1 heterocycles. The second-order valence-corrected chi connectivity index (χ2v) is 6.86. The van der Waals surface area contributed by atoms with E-state index in [1.54, 1.807) is 0 Å². The molecule has 2 rings (SSSR count). The third-order valence-electron chi connectivity index (χ3n) is 4.11. The first-order chi connectivity index (χ1) is 5.75. The van der Waals surface area contributed by atoms with Crippen LogP contribution in [-0.4, -0.2) is 24.0 Å². The van der Waals surface area contributed by atoms with Crippen molar-refractivity contribution in [1.82, 2.24) is 4.90 Å². The van der Waals surface area contributed by atoms with E-state index < -0.39 is 0 Å². The summed E-state index contributed by atoms with van der Waals surface area (Å²) < 4.78 is 0. The van der Waals surface area contributed by atoms with Crippen LogP contribution in [0.15, 0.2) is 0 Å². The van der Waals surface area contributed by atoms with Gasteiger partial charge in [-0.2, -0.15) is 0 Å². The summed E-state index contributed by atoms with van der Waals surface area (Å²) in [6.07, 6.45) is 4.17. The predicted octanol–water partition coefficient (Wildman–Crippen LogP) is 2.91. The lowest BCUT2D eigenvalue weighted by molar-refractivity contribution is 0.0738. The van der Waals surface area contributed by atoms with Gasteiger partial charge in [0.25, 0.3) is 0 Å². The summed E-state index contributed by atoms with van der Waals surface area (Å²) in [5.41, 5.74) is 1.62. The average molecular weight is 181 g/mol. The molecule has 2 unspecified atom stereocenters. The molecule has 0 aromatic heterocycles. The van der Waals surface area contributed by atoms with Crippen LogP contribution < -0.4 is 0 Å². The van der Waals surface area contributed by atoms with E-state index in [0.717, 1.165) is 0 Å². The van der Waals surface area contributed by atoms with Gasteiger partial charge in [0.05, 0.1) is 0 Å².